The average Bonchev–Trinajstić information content (AvgIpc) is 3.19. The topological polar surface area (TPSA) is 105 Å². The molecule has 1 heterocycles. The predicted octanol–water partition coefficient (Wildman–Crippen LogP) is 5.71. The lowest BCUT2D eigenvalue weighted by atomic mass is 10.0. The molecule has 1 rings (SSSR count). The maximum atomic E-state index is 9.45. The highest BCUT2D eigenvalue weighted by atomic mass is 32.3. The number of likely N-dealkylation sites (N-methyl/N-ethyl adjacent to an activating group) is 1. The minimum absolute atomic E-state index is 0.0914. The zero-order valence-electron chi connectivity index (χ0n) is 22.3. The van der Waals surface area contributed by atoms with Crippen LogP contribution in [0.1, 0.15) is 111 Å². The minimum atomic E-state index is -4.42. The molecule has 0 saturated heterocycles. The van der Waals surface area contributed by atoms with Crippen molar-refractivity contribution in [1.82, 2.24) is 0 Å². The van der Waals surface area contributed by atoms with Gasteiger partial charge in [0, 0.05) is 12.6 Å². The standard InChI is InChI=1S/C24H48N3.C2H6O4S/c1-3-5-6-7-8-9-10-11-12-13-14-15-16-17-18-19-24-26-21-23-27(24,4-2)22-20-25;1-2-6-7(3,4)5/h18-19H,3-17,20-23,25H2,1-2H3;2H2,1H3,(H,3,4,5)/q+1;/p-1. The van der Waals surface area contributed by atoms with Crippen LogP contribution in [-0.4, -0.2) is 62.6 Å². The van der Waals surface area contributed by atoms with Crippen LogP contribution in [0.2, 0.25) is 0 Å². The molecule has 0 aromatic rings. The second kappa shape index (κ2) is 21.5. The molecule has 0 spiro atoms. The zero-order valence-corrected chi connectivity index (χ0v) is 23.1. The van der Waals surface area contributed by atoms with Gasteiger partial charge in [0.1, 0.15) is 6.54 Å². The van der Waals surface area contributed by atoms with E-state index in [1.54, 1.807) is 0 Å². The highest BCUT2D eigenvalue weighted by Crippen LogP contribution is 2.16. The fourth-order valence-corrected chi connectivity index (χ4v) is 4.68. The molecule has 0 aromatic heterocycles. The zero-order chi connectivity index (χ0) is 25.5. The number of rotatable bonds is 20. The Morgan fingerprint density at radius 3 is 1.88 bits per heavy atom. The first-order chi connectivity index (χ1) is 16.3. The summed E-state index contributed by atoms with van der Waals surface area (Å²) in [7, 11) is -4.42. The van der Waals surface area contributed by atoms with Crippen molar-refractivity contribution in [3.05, 3.63) is 12.2 Å². The number of nitrogens with zero attached hydrogens (tertiary/aromatic N) is 2. The van der Waals surface area contributed by atoms with Crippen LogP contribution >= 0.6 is 0 Å². The van der Waals surface area contributed by atoms with E-state index < -0.39 is 10.4 Å². The van der Waals surface area contributed by atoms with Crippen LogP contribution in [0.25, 0.3) is 0 Å². The van der Waals surface area contributed by atoms with Crippen LogP contribution in [0.5, 0.6) is 0 Å². The first-order valence-electron chi connectivity index (χ1n) is 13.7. The van der Waals surface area contributed by atoms with E-state index in [2.05, 4.69) is 30.2 Å². The van der Waals surface area contributed by atoms with Gasteiger partial charge in [-0.1, -0.05) is 90.0 Å². The lowest BCUT2D eigenvalue weighted by Crippen LogP contribution is -2.52. The number of allylic oxidation sites excluding steroid dienone is 1. The lowest BCUT2D eigenvalue weighted by Gasteiger charge is -2.32. The van der Waals surface area contributed by atoms with Gasteiger partial charge >= 0.3 is 0 Å². The van der Waals surface area contributed by atoms with Gasteiger partial charge in [-0.3, -0.25) is 8.67 Å². The van der Waals surface area contributed by atoms with Gasteiger partial charge in [0.15, 0.2) is 0 Å². The molecule has 0 bridgehead atoms. The van der Waals surface area contributed by atoms with Crippen molar-refractivity contribution in [2.45, 2.75) is 111 Å². The Labute approximate surface area is 210 Å². The number of aliphatic imine (C=N–C) groups is 1. The van der Waals surface area contributed by atoms with Crippen molar-refractivity contribution < 1.29 is 21.6 Å². The number of nitrogens with two attached hydrogens (primary N) is 1. The van der Waals surface area contributed by atoms with E-state index in [-0.39, 0.29) is 6.61 Å². The summed E-state index contributed by atoms with van der Waals surface area (Å²) < 4.78 is 33.0. The molecule has 0 fully saturated rings. The third-order valence-electron chi connectivity index (χ3n) is 6.45. The van der Waals surface area contributed by atoms with E-state index in [4.69, 9.17) is 10.7 Å². The molecule has 1 atom stereocenters. The maximum absolute atomic E-state index is 9.45. The van der Waals surface area contributed by atoms with Gasteiger partial charge in [-0.15, -0.1) is 0 Å². The Bertz CT molecular complexity index is 638. The van der Waals surface area contributed by atoms with E-state index in [9.17, 15) is 13.0 Å². The summed E-state index contributed by atoms with van der Waals surface area (Å²) in [5.41, 5.74) is 5.82. The van der Waals surface area contributed by atoms with Gasteiger partial charge in [0.25, 0.3) is 0 Å². The van der Waals surface area contributed by atoms with Crippen molar-refractivity contribution in [2.24, 2.45) is 10.7 Å². The normalized spacial score (nSPS) is 18.2. The van der Waals surface area contributed by atoms with Gasteiger partial charge in [-0.2, -0.15) is 0 Å². The van der Waals surface area contributed by atoms with Crippen LogP contribution in [0.4, 0.5) is 0 Å². The summed E-state index contributed by atoms with van der Waals surface area (Å²) in [4.78, 5) is 4.73. The summed E-state index contributed by atoms with van der Waals surface area (Å²) in [6.07, 6.45) is 24.3. The van der Waals surface area contributed by atoms with Gasteiger partial charge < -0.3 is 10.3 Å². The third kappa shape index (κ3) is 17.6. The van der Waals surface area contributed by atoms with E-state index in [1.165, 1.54) is 103 Å². The Balaban J connectivity index is 0.00000135. The van der Waals surface area contributed by atoms with Crippen molar-refractivity contribution in [3.63, 3.8) is 0 Å². The quantitative estimate of drug-likeness (QED) is 0.0991. The van der Waals surface area contributed by atoms with Crippen molar-refractivity contribution in [1.29, 1.82) is 0 Å². The third-order valence-corrected chi connectivity index (χ3v) is 6.98. The van der Waals surface area contributed by atoms with Crippen LogP contribution in [-0.2, 0) is 14.6 Å². The largest absolute Gasteiger partial charge is 0.726 e. The first kappa shape index (κ1) is 33.2. The van der Waals surface area contributed by atoms with Crippen LogP contribution < -0.4 is 5.73 Å². The summed E-state index contributed by atoms with van der Waals surface area (Å²) in [5, 5.41) is 0. The van der Waals surface area contributed by atoms with Crippen molar-refractivity contribution in [3.8, 4) is 0 Å². The molecular formula is C26H53N3O4S. The van der Waals surface area contributed by atoms with Gasteiger partial charge in [0.05, 0.1) is 26.2 Å². The van der Waals surface area contributed by atoms with E-state index in [0.29, 0.717) is 0 Å². The lowest BCUT2D eigenvalue weighted by molar-refractivity contribution is -0.830. The monoisotopic (exact) mass is 503 g/mol. The van der Waals surface area contributed by atoms with Gasteiger partial charge in [-0.05, 0) is 26.7 Å². The molecular weight excluding hydrogens is 450 g/mol. The molecule has 0 aromatic carbocycles. The van der Waals surface area contributed by atoms with E-state index in [0.717, 1.165) is 37.2 Å². The second-order valence-electron chi connectivity index (χ2n) is 9.19. The van der Waals surface area contributed by atoms with Crippen LogP contribution in [0, 0.1) is 0 Å². The number of hydrogen-bond acceptors (Lipinski definition) is 6. The Kier molecular flexibility index (Phi) is 21.0. The highest BCUT2D eigenvalue weighted by molar-refractivity contribution is 7.80. The molecule has 1 aliphatic heterocycles. The Hall–Kier alpha value is -0.800. The molecule has 1 unspecified atom stereocenters. The molecule has 202 valence electrons. The Morgan fingerprint density at radius 1 is 0.941 bits per heavy atom. The number of hydrogen-bond donors (Lipinski definition) is 1. The van der Waals surface area contributed by atoms with Crippen molar-refractivity contribution >= 4 is 16.2 Å². The second-order valence-corrected chi connectivity index (χ2v) is 10.2. The van der Waals surface area contributed by atoms with Gasteiger partial charge in [0.2, 0.25) is 16.2 Å². The number of quaternary nitrogens is 1. The smallest absolute Gasteiger partial charge is 0.222 e. The van der Waals surface area contributed by atoms with Crippen LogP contribution in [0.3, 0.4) is 0 Å². The average molecular weight is 504 g/mol. The molecule has 2 N–H and O–H groups in total. The molecule has 0 aliphatic carbocycles. The number of amidine groups is 1. The first-order valence-corrected chi connectivity index (χ1v) is 15.1. The van der Waals surface area contributed by atoms with Crippen molar-refractivity contribution in [2.75, 3.05) is 39.3 Å². The summed E-state index contributed by atoms with van der Waals surface area (Å²) in [6, 6.07) is 0. The molecule has 7 nitrogen and oxygen atoms in total. The predicted molar refractivity (Wildman–Crippen MR) is 143 cm³/mol. The number of unbranched alkanes of at least 4 members (excludes halogenated alkanes) is 13. The molecule has 0 radical (unpaired) electrons. The maximum Gasteiger partial charge on any atom is 0.222 e. The fourth-order valence-electron chi connectivity index (χ4n) is 4.40. The van der Waals surface area contributed by atoms with Crippen LogP contribution in [0.15, 0.2) is 17.1 Å². The Morgan fingerprint density at radius 2 is 1.47 bits per heavy atom. The molecule has 8 heteroatoms. The van der Waals surface area contributed by atoms with E-state index in [1.807, 2.05) is 0 Å². The summed E-state index contributed by atoms with van der Waals surface area (Å²) in [5.74, 6) is 1.26. The van der Waals surface area contributed by atoms with E-state index >= 15 is 0 Å². The highest BCUT2D eigenvalue weighted by Gasteiger charge is 2.33. The molecule has 0 saturated carbocycles. The SMILES string of the molecule is CCCCCCCCCCCCCCCC=CC1=NCC[N+]1(CC)CCN.CCOS(=O)(=O)[O-]. The summed E-state index contributed by atoms with van der Waals surface area (Å²) >= 11 is 0. The minimum Gasteiger partial charge on any atom is -0.726 e. The summed E-state index contributed by atoms with van der Waals surface area (Å²) in [6.45, 7) is 10.9. The molecule has 1 aliphatic rings. The molecule has 34 heavy (non-hydrogen) atoms. The molecule has 0 amide bonds. The fraction of sp³-hybridized carbons (Fsp3) is 0.885. The van der Waals surface area contributed by atoms with Gasteiger partial charge in [-0.25, -0.2) is 13.4 Å².